The highest BCUT2D eigenvalue weighted by Gasteiger charge is 2.42. The minimum absolute atomic E-state index is 0.162. The van der Waals surface area contributed by atoms with Crippen LogP contribution in [0.4, 0.5) is 4.79 Å². The van der Waals surface area contributed by atoms with E-state index in [1.54, 1.807) is 0 Å². The van der Waals surface area contributed by atoms with Crippen LogP contribution in [0.25, 0.3) is 0 Å². The monoisotopic (exact) mass is 335 g/mol. The molecule has 24 heavy (non-hydrogen) atoms. The molecule has 3 fully saturated rings. The van der Waals surface area contributed by atoms with Crippen LogP contribution in [0.15, 0.2) is 0 Å². The number of nitrogens with zero attached hydrogens (tertiary/aromatic N) is 1. The standard InChI is InChI=1S/C19H33N3O2/c1-14(17-12-15-7-8-16(17)11-15)20-19(24)21-18(23)13-22-9-5-3-2-4-6-10-22/h14-17H,2-13H2,1H3,(H2,20,21,23,24). The third kappa shape index (κ3) is 4.71. The number of fused-ring (bicyclic) bond motifs is 2. The molecular formula is C19H33N3O2. The van der Waals surface area contributed by atoms with Crippen molar-refractivity contribution in [2.24, 2.45) is 17.8 Å². The highest BCUT2D eigenvalue weighted by atomic mass is 16.2. The van der Waals surface area contributed by atoms with Crippen molar-refractivity contribution < 1.29 is 9.59 Å². The number of imide groups is 1. The van der Waals surface area contributed by atoms with Crippen molar-refractivity contribution in [1.29, 1.82) is 0 Å². The number of carbonyl (C=O) groups excluding carboxylic acids is 2. The van der Waals surface area contributed by atoms with E-state index in [1.165, 1.54) is 44.9 Å². The number of likely N-dealkylation sites (tertiary alicyclic amines) is 1. The van der Waals surface area contributed by atoms with Crippen LogP contribution in [0, 0.1) is 17.8 Å². The van der Waals surface area contributed by atoms with E-state index in [0.717, 1.165) is 37.8 Å². The van der Waals surface area contributed by atoms with Gasteiger partial charge in [0.25, 0.3) is 0 Å². The quantitative estimate of drug-likeness (QED) is 0.830. The summed E-state index contributed by atoms with van der Waals surface area (Å²) in [5.41, 5.74) is 0. The second-order valence-corrected chi connectivity index (χ2v) is 8.19. The summed E-state index contributed by atoms with van der Waals surface area (Å²) in [6.45, 7) is 4.37. The molecule has 2 bridgehead atoms. The number of urea groups is 1. The third-order valence-electron chi connectivity index (χ3n) is 6.36. The molecule has 0 aromatic heterocycles. The first-order chi connectivity index (χ1) is 11.6. The Kier molecular flexibility index (Phi) is 6.14. The summed E-state index contributed by atoms with van der Waals surface area (Å²) < 4.78 is 0. The van der Waals surface area contributed by atoms with Crippen LogP contribution in [0.5, 0.6) is 0 Å². The summed E-state index contributed by atoms with van der Waals surface area (Å²) in [7, 11) is 0. The van der Waals surface area contributed by atoms with Crippen molar-refractivity contribution in [3.63, 3.8) is 0 Å². The molecule has 0 spiro atoms. The van der Waals surface area contributed by atoms with Gasteiger partial charge in [-0.2, -0.15) is 0 Å². The van der Waals surface area contributed by atoms with E-state index in [4.69, 9.17) is 0 Å². The fraction of sp³-hybridized carbons (Fsp3) is 0.895. The first kappa shape index (κ1) is 17.7. The zero-order valence-electron chi connectivity index (χ0n) is 15.1. The van der Waals surface area contributed by atoms with E-state index >= 15 is 0 Å². The van der Waals surface area contributed by atoms with Crippen molar-refractivity contribution in [2.75, 3.05) is 19.6 Å². The van der Waals surface area contributed by atoms with Gasteiger partial charge in [0.2, 0.25) is 5.91 Å². The molecule has 3 amide bonds. The maximum absolute atomic E-state index is 12.1. The Morgan fingerprint density at radius 1 is 1.04 bits per heavy atom. The first-order valence-electron chi connectivity index (χ1n) is 9.94. The Bertz CT molecular complexity index is 446. The topological polar surface area (TPSA) is 61.4 Å². The van der Waals surface area contributed by atoms with Gasteiger partial charge in [0.05, 0.1) is 6.54 Å². The van der Waals surface area contributed by atoms with Gasteiger partial charge in [-0.25, -0.2) is 4.79 Å². The average molecular weight is 335 g/mol. The van der Waals surface area contributed by atoms with Gasteiger partial charge in [0.1, 0.15) is 0 Å². The smallest absolute Gasteiger partial charge is 0.321 e. The minimum atomic E-state index is -0.317. The second kappa shape index (κ2) is 8.32. The molecule has 136 valence electrons. The zero-order chi connectivity index (χ0) is 16.9. The molecule has 1 aliphatic heterocycles. The lowest BCUT2D eigenvalue weighted by Gasteiger charge is -2.28. The van der Waals surface area contributed by atoms with Crippen molar-refractivity contribution >= 4 is 11.9 Å². The summed E-state index contributed by atoms with van der Waals surface area (Å²) in [6.07, 6.45) is 11.4. The molecule has 2 aliphatic carbocycles. The SMILES string of the molecule is CC(NC(=O)NC(=O)CN1CCCCCCC1)C1CC2CCC1C2. The van der Waals surface area contributed by atoms with E-state index in [1.807, 2.05) is 0 Å². The van der Waals surface area contributed by atoms with Crippen molar-refractivity contribution in [3.8, 4) is 0 Å². The Morgan fingerprint density at radius 3 is 2.38 bits per heavy atom. The van der Waals surface area contributed by atoms with Gasteiger partial charge in [-0.3, -0.25) is 15.0 Å². The second-order valence-electron chi connectivity index (χ2n) is 8.19. The molecule has 4 atom stereocenters. The van der Waals surface area contributed by atoms with Crippen molar-refractivity contribution in [1.82, 2.24) is 15.5 Å². The Labute approximate surface area is 145 Å². The molecular weight excluding hydrogens is 302 g/mol. The van der Waals surface area contributed by atoms with Gasteiger partial charge in [0, 0.05) is 6.04 Å². The van der Waals surface area contributed by atoms with E-state index in [2.05, 4.69) is 22.5 Å². The molecule has 3 rings (SSSR count). The van der Waals surface area contributed by atoms with Crippen LogP contribution in [0.1, 0.15) is 64.7 Å². The van der Waals surface area contributed by atoms with Crippen LogP contribution < -0.4 is 10.6 Å². The number of rotatable bonds is 4. The summed E-state index contributed by atoms with van der Waals surface area (Å²) >= 11 is 0. The predicted octanol–water partition coefficient (Wildman–Crippen LogP) is 2.90. The number of hydrogen-bond acceptors (Lipinski definition) is 3. The van der Waals surface area contributed by atoms with Gasteiger partial charge in [0.15, 0.2) is 0 Å². The Balaban J connectivity index is 1.38. The molecule has 2 N–H and O–H groups in total. The van der Waals surface area contributed by atoms with Crippen molar-refractivity contribution in [2.45, 2.75) is 70.8 Å². The summed E-state index contributed by atoms with van der Waals surface area (Å²) in [5.74, 6) is 2.08. The fourth-order valence-electron chi connectivity index (χ4n) is 5.10. The number of carbonyl (C=O) groups is 2. The molecule has 5 nitrogen and oxygen atoms in total. The summed E-state index contributed by atoms with van der Waals surface area (Å²) in [4.78, 5) is 26.4. The predicted molar refractivity (Wildman–Crippen MR) is 94.6 cm³/mol. The molecule has 1 heterocycles. The molecule has 1 saturated heterocycles. The van der Waals surface area contributed by atoms with Crippen LogP contribution in [-0.2, 0) is 4.79 Å². The van der Waals surface area contributed by atoms with Crippen LogP contribution in [-0.4, -0.2) is 42.5 Å². The van der Waals surface area contributed by atoms with E-state index in [-0.39, 0.29) is 18.0 Å². The molecule has 0 aromatic rings. The lowest BCUT2D eigenvalue weighted by Crippen LogP contribution is -2.49. The highest BCUT2D eigenvalue weighted by molar-refractivity contribution is 5.95. The summed E-state index contributed by atoms with van der Waals surface area (Å²) in [5, 5.41) is 5.54. The normalized spacial score (nSPS) is 32.0. The van der Waals surface area contributed by atoms with Crippen molar-refractivity contribution in [3.05, 3.63) is 0 Å². The first-order valence-corrected chi connectivity index (χ1v) is 9.94. The Hall–Kier alpha value is -1.10. The summed E-state index contributed by atoms with van der Waals surface area (Å²) in [6, 6.07) is -0.155. The van der Waals surface area contributed by atoms with E-state index in [0.29, 0.717) is 12.5 Å². The molecule has 0 aromatic carbocycles. The molecule has 5 heteroatoms. The van der Waals surface area contributed by atoms with Crippen LogP contribution in [0.3, 0.4) is 0 Å². The lowest BCUT2D eigenvalue weighted by atomic mass is 9.84. The fourth-order valence-corrected chi connectivity index (χ4v) is 5.10. The minimum Gasteiger partial charge on any atom is -0.335 e. The third-order valence-corrected chi connectivity index (χ3v) is 6.36. The molecule has 3 aliphatic rings. The zero-order valence-corrected chi connectivity index (χ0v) is 15.1. The van der Waals surface area contributed by atoms with Gasteiger partial charge < -0.3 is 5.32 Å². The number of hydrogen-bond donors (Lipinski definition) is 2. The molecule has 2 saturated carbocycles. The molecule has 4 unspecified atom stereocenters. The van der Waals surface area contributed by atoms with Gasteiger partial charge in [-0.1, -0.05) is 25.7 Å². The van der Waals surface area contributed by atoms with Crippen LogP contribution in [0.2, 0.25) is 0 Å². The molecule has 0 radical (unpaired) electrons. The number of nitrogens with one attached hydrogen (secondary N) is 2. The van der Waals surface area contributed by atoms with Gasteiger partial charge in [-0.05, 0) is 69.9 Å². The highest BCUT2D eigenvalue weighted by Crippen LogP contribution is 2.49. The van der Waals surface area contributed by atoms with Gasteiger partial charge >= 0.3 is 6.03 Å². The maximum atomic E-state index is 12.1. The van der Waals surface area contributed by atoms with E-state index in [9.17, 15) is 9.59 Å². The Morgan fingerprint density at radius 2 is 1.75 bits per heavy atom. The largest absolute Gasteiger partial charge is 0.335 e. The van der Waals surface area contributed by atoms with Gasteiger partial charge in [-0.15, -0.1) is 0 Å². The average Bonchev–Trinajstić information content (AvgIpc) is 3.12. The lowest BCUT2D eigenvalue weighted by molar-refractivity contribution is -0.121. The number of amides is 3. The maximum Gasteiger partial charge on any atom is 0.321 e. The van der Waals surface area contributed by atoms with Crippen LogP contribution >= 0.6 is 0 Å². The van der Waals surface area contributed by atoms with E-state index < -0.39 is 0 Å².